The summed E-state index contributed by atoms with van der Waals surface area (Å²) in [5.41, 5.74) is 0.971. The number of hydrogen-bond donors (Lipinski definition) is 1. The van der Waals surface area contributed by atoms with Gasteiger partial charge in [0, 0.05) is 9.85 Å². The quantitative estimate of drug-likeness (QED) is 0.884. The average Bonchev–Trinajstić information content (AvgIpc) is 2.65. The Bertz CT molecular complexity index is 525. The van der Waals surface area contributed by atoms with Crippen LogP contribution < -0.4 is 0 Å². The number of carboxylic acids is 1. The third-order valence-corrected chi connectivity index (χ3v) is 5.73. The van der Waals surface area contributed by atoms with Crippen LogP contribution in [-0.2, 0) is 0 Å². The molecule has 0 aliphatic carbocycles. The summed E-state index contributed by atoms with van der Waals surface area (Å²) in [4.78, 5) is 11.6. The molecule has 2 rings (SSSR count). The molecule has 0 saturated carbocycles. The van der Waals surface area contributed by atoms with E-state index in [1.807, 2.05) is 19.2 Å². The van der Waals surface area contributed by atoms with Gasteiger partial charge in [-0.1, -0.05) is 13.8 Å². The van der Waals surface area contributed by atoms with E-state index >= 15 is 0 Å². The maximum absolute atomic E-state index is 11.1. The van der Waals surface area contributed by atoms with Crippen LogP contribution in [0.25, 0.3) is 9.40 Å². The molecule has 0 atom stereocenters. The number of rotatable bonds is 2. The summed E-state index contributed by atoms with van der Waals surface area (Å²) in [5, 5.41) is 11.1. The van der Waals surface area contributed by atoms with Crippen LogP contribution in [0.3, 0.4) is 0 Å². The third kappa shape index (κ3) is 1.73. The van der Waals surface area contributed by atoms with Crippen molar-refractivity contribution in [2.75, 3.05) is 0 Å². The van der Waals surface area contributed by atoms with Gasteiger partial charge in [0.05, 0.1) is 9.40 Å². The van der Waals surface area contributed by atoms with Gasteiger partial charge in [-0.2, -0.15) is 0 Å². The third-order valence-electron chi connectivity index (χ3n) is 2.17. The van der Waals surface area contributed by atoms with Crippen molar-refractivity contribution in [2.45, 2.75) is 19.8 Å². The smallest absolute Gasteiger partial charge is 0.346 e. The van der Waals surface area contributed by atoms with Crippen molar-refractivity contribution in [1.29, 1.82) is 0 Å². The Hall–Kier alpha value is -0.390. The van der Waals surface area contributed by atoms with Gasteiger partial charge >= 0.3 is 5.97 Å². The molecule has 0 bridgehead atoms. The van der Waals surface area contributed by atoms with Crippen LogP contribution in [0.1, 0.15) is 35.0 Å². The molecule has 0 amide bonds. The van der Waals surface area contributed by atoms with Gasteiger partial charge < -0.3 is 5.11 Å². The molecule has 2 aromatic heterocycles. The summed E-state index contributed by atoms with van der Waals surface area (Å²) >= 11 is 6.41. The van der Waals surface area contributed by atoms with Crippen LogP contribution in [0.2, 0.25) is 0 Å². The van der Waals surface area contributed by atoms with Crippen molar-refractivity contribution < 1.29 is 9.90 Å². The van der Waals surface area contributed by atoms with Crippen LogP contribution in [0.15, 0.2) is 9.85 Å². The number of thiophene rings is 2. The van der Waals surface area contributed by atoms with E-state index in [1.165, 1.54) is 11.3 Å². The summed E-state index contributed by atoms with van der Waals surface area (Å²) in [6.07, 6.45) is 0. The van der Waals surface area contributed by atoms with Crippen LogP contribution in [-0.4, -0.2) is 11.1 Å². The fraction of sp³-hybridized carbons (Fsp3) is 0.300. The predicted molar refractivity (Wildman–Crippen MR) is 68.5 cm³/mol. The number of carboxylic acid groups (broad SMARTS) is 1. The van der Waals surface area contributed by atoms with Crippen molar-refractivity contribution in [3.63, 3.8) is 0 Å². The highest BCUT2D eigenvalue weighted by Crippen LogP contribution is 2.43. The Labute approximate surface area is 104 Å². The first-order chi connectivity index (χ1) is 7.02. The Morgan fingerprint density at radius 2 is 2.13 bits per heavy atom. The second kappa shape index (κ2) is 3.88. The fourth-order valence-electron chi connectivity index (χ4n) is 1.55. The fourth-order valence-corrected chi connectivity index (χ4v) is 4.93. The molecule has 2 nitrogen and oxygen atoms in total. The summed E-state index contributed by atoms with van der Waals surface area (Å²) in [7, 11) is 0. The number of carbonyl (C=O) groups is 1. The molecule has 5 heteroatoms. The van der Waals surface area contributed by atoms with Crippen molar-refractivity contribution in [1.82, 2.24) is 0 Å². The van der Waals surface area contributed by atoms with Crippen LogP contribution in [0.5, 0.6) is 0 Å². The SMILES string of the molecule is CC(C)c1c(C(=O)O)sc2c(Br)csc12. The van der Waals surface area contributed by atoms with E-state index in [0.717, 1.165) is 19.4 Å². The molecule has 0 aliphatic heterocycles. The van der Waals surface area contributed by atoms with Crippen LogP contribution in [0, 0.1) is 0 Å². The van der Waals surface area contributed by atoms with Crippen molar-refractivity contribution in [2.24, 2.45) is 0 Å². The average molecular weight is 305 g/mol. The molecular weight excluding hydrogens is 296 g/mol. The minimum absolute atomic E-state index is 0.246. The zero-order valence-corrected chi connectivity index (χ0v) is 11.4. The van der Waals surface area contributed by atoms with Crippen LogP contribution in [0.4, 0.5) is 0 Å². The highest BCUT2D eigenvalue weighted by molar-refractivity contribution is 9.10. The lowest BCUT2D eigenvalue weighted by Crippen LogP contribution is -1.98. The molecule has 80 valence electrons. The Kier molecular flexibility index (Phi) is 2.87. The van der Waals surface area contributed by atoms with E-state index < -0.39 is 5.97 Å². The van der Waals surface area contributed by atoms with Gasteiger partial charge in [0.2, 0.25) is 0 Å². The zero-order valence-electron chi connectivity index (χ0n) is 8.20. The molecule has 0 aromatic carbocycles. The first-order valence-corrected chi connectivity index (χ1v) is 6.94. The van der Waals surface area contributed by atoms with Gasteiger partial charge in [-0.05, 0) is 27.4 Å². The Morgan fingerprint density at radius 1 is 1.47 bits per heavy atom. The Morgan fingerprint density at radius 3 is 2.67 bits per heavy atom. The molecule has 2 aromatic rings. The molecular formula is C10H9BrO2S2. The zero-order chi connectivity index (χ0) is 11.2. The number of hydrogen-bond acceptors (Lipinski definition) is 3. The largest absolute Gasteiger partial charge is 0.477 e. The number of halogens is 1. The molecule has 2 heterocycles. The van der Waals surface area contributed by atoms with Crippen molar-refractivity contribution >= 4 is 54.0 Å². The van der Waals surface area contributed by atoms with Crippen molar-refractivity contribution in [3.05, 3.63) is 20.3 Å². The number of fused-ring (bicyclic) bond motifs is 1. The van der Waals surface area contributed by atoms with E-state index in [-0.39, 0.29) is 5.92 Å². The minimum atomic E-state index is -0.820. The topological polar surface area (TPSA) is 37.3 Å². The summed E-state index contributed by atoms with van der Waals surface area (Å²) in [5.74, 6) is -0.575. The first-order valence-electron chi connectivity index (χ1n) is 4.45. The van der Waals surface area contributed by atoms with Crippen LogP contribution >= 0.6 is 38.6 Å². The van der Waals surface area contributed by atoms with E-state index in [9.17, 15) is 4.79 Å². The summed E-state index contributed by atoms with van der Waals surface area (Å²) in [6.45, 7) is 4.06. The summed E-state index contributed by atoms with van der Waals surface area (Å²) < 4.78 is 3.17. The second-order valence-corrected chi connectivity index (χ2v) is 6.30. The van der Waals surface area contributed by atoms with Gasteiger partial charge in [-0.25, -0.2) is 4.79 Å². The highest BCUT2D eigenvalue weighted by atomic mass is 79.9. The van der Waals surface area contributed by atoms with Gasteiger partial charge in [0.1, 0.15) is 4.88 Å². The maximum Gasteiger partial charge on any atom is 0.346 e. The monoisotopic (exact) mass is 304 g/mol. The molecule has 0 unspecified atom stereocenters. The molecule has 0 radical (unpaired) electrons. The van der Waals surface area contributed by atoms with Gasteiger partial charge in [-0.15, -0.1) is 22.7 Å². The maximum atomic E-state index is 11.1. The lowest BCUT2D eigenvalue weighted by molar-refractivity contribution is 0.0701. The van der Waals surface area contributed by atoms with E-state index in [1.54, 1.807) is 11.3 Å². The predicted octanol–water partition coefficient (Wildman–Crippen LogP) is 4.55. The van der Waals surface area contributed by atoms with Gasteiger partial charge in [-0.3, -0.25) is 0 Å². The van der Waals surface area contributed by atoms with Gasteiger partial charge in [0.25, 0.3) is 0 Å². The first kappa shape index (κ1) is 11.1. The highest BCUT2D eigenvalue weighted by Gasteiger charge is 2.22. The van der Waals surface area contributed by atoms with Crippen molar-refractivity contribution in [3.8, 4) is 0 Å². The minimum Gasteiger partial charge on any atom is -0.477 e. The van der Waals surface area contributed by atoms with E-state index in [0.29, 0.717) is 4.88 Å². The molecule has 0 fully saturated rings. The lowest BCUT2D eigenvalue weighted by atomic mass is 10.0. The molecule has 0 spiro atoms. The Balaban J connectivity index is 2.80. The van der Waals surface area contributed by atoms with E-state index in [2.05, 4.69) is 15.9 Å². The number of aromatic carboxylic acids is 1. The van der Waals surface area contributed by atoms with Gasteiger partial charge in [0.15, 0.2) is 0 Å². The van der Waals surface area contributed by atoms with E-state index in [4.69, 9.17) is 5.11 Å². The normalized spacial score (nSPS) is 11.5. The second-order valence-electron chi connectivity index (χ2n) is 3.55. The molecule has 1 N–H and O–H groups in total. The molecule has 0 saturated heterocycles. The standard InChI is InChI=1S/C10H9BrO2S2/c1-4(2)6-8-7(5(11)3-14-8)15-9(6)10(12)13/h3-4H,1-2H3,(H,12,13). The lowest BCUT2D eigenvalue weighted by Gasteiger charge is -2.03. The molecule has 0 aliphatic rings. The summed E-state index contributed by atoms with van der Waals surface area (Å²) in [6, 6.07) is 0. The molecule has 15 heavy (non-hydrogen) atoms.